The number of aryl methyl sites for hydroxylation is 1. The standard InChI is InChI=1S/C15H23NO3/c1-15(2,3)19-14(18)8-7-11-5-4-6-12(9-16)13(11)10-17/h4-6,17H,7-10,16H2,1-3H3. The number of ether oxygens (including phenoxy) is 1. The Morgan fingerprint density at radius 1 is 1.32 bits per heavy atom. The molecule has 0 atom stereocenters. The van der Waals surface area contributed by atoms with E-state index in [0.29, 0.717) is 19.4 Å². The maximum Gasteiger partial charge on any atom is 0.306 e. The summed E-state index contributed by atoms with van der Waals surface area (Å²) >= 11 is 0. The minimum absolute atomic E-state index is 0.0585. The van der Waals surface area contributed by atoms with E-state index in [4.69, 9.17) is 10.5 Å². The molecule has 3 N–H and O–H groups in total. The zero-order valence-corrected chi connectivity index (χ0v) is 11.9. The molecule has 0 saturated carbocycles. The van der Waals surface area contributed by atoms with E-state index in [9.17, 15) is 9.90 Å². The van der Waals surface area contributed by atoms with Gasteiger partial charge in [0.1, 0.15) is 5.60 Å². The summed E-state index contributed by atoms with van der Waals surface area (Å²) < 4.78 is 5.26. The molecule has 0 aliphatic heterocycles. The van der Waals surface area contributed by atoms with Gasteiger partial charge in [0.15, 0.2) is 0 Å². The molecule has 0 aliphatic rings. The highest BCUT2D eigenvalue weighted by atomic mass is 16.6. The average molecular weight is 265 g/mol. The van der Waals surface area contributed by atoms with Crippen LogP contribution in [0.4, 0.5) is 0 Å². The molecule has 106 valence electrons. The van der Waals surface area contributed by atoms with Crippen molar-refractivity contribution in [3.63, 3.8) is 0 Å². The van der Waals surface area contributed by atoms with Gasteiger partial charge in [-0.3, -0.25) is 4.79 Å². The first-order valence-corrected chi connectivity index (χ1v) is 6.50. The van der Waals surface area contributed by atoms with E-state index in [1.807, 2.05) is 39.0 Å². The highest BCUT2D eigenvalue weighted by Crippen LogP contribution is 2.17. The predicted molar refractivity (Wildman–Crippen MR) is 74.4 cm³/mol. The first kappa shape index (κ1) is 15.7. The topological polar surface area (TPSA) is 72.5 Å². The molecule has 0 fully saturated rings. The van der Waals surface area contributed by atoms with Crippen LogP contribution >= 0.6 is 0 Å². The number of carbonyl (C=O) groups is 1. The smallest absolute Gasteiger partial charge is 0.306 e. The quantitative estimate of drug-likeness (QED) is 0.798. The normalized spacial score (nSPS) is 11.4. The van der Waals surface area contributed by atoms with Crippen LogP contribution in [0.2, 0.25) is 0 Å². The molecule has 4 heteroatoms. The molecule has 4 nitrogen and oxygen atoms in total. The molecule has 1 aromatic carbocycles. The van der Waals surface area contributed by atoms with Crippen LogP contribution in [-0.2, 0) is 29.1 Å². The lowest BCUT2D eigenvalue weighted by Gasteiger charge is -2.19. The number of rotatable bonds is 5. The Bertz CT molecular complexity index is 436. The minimum atomic E-state index is -0.462. The Kier molecular flexibility index (Phi) is 5.51. The van der Waals surface area contributed by atoms with Gasteiger partial charge in [-0.25, -0.2) is 0 Å². The van der Waals surface area contributed by atoms with Crippen LogP contribution in [0.1, 0.15) is 43.9 Å². The number of esters is 1. The molecule has 0 bridgehead atoms. The first-order valence-electron chi connectivity index (χ1n) is 6.50. The lowest BCUT2D eigenvalue weighted by Crippen LogP contribution is -2.24. The molecular weight excluding hydrogens is 242 g/mol. The zero-order valence-electron chi connectivity index (χ0n) is 11.9. The summed E-state index contributed by atoms with van der Waals surface area (Å²) in [6.45, 7) is 5.87. The number of aliphatic hydroxyl groups is 1. The van der Waals surface area contributed by atoms with Crippen LogP contribution in [-0.4, -0.2) is 16.7 Å². The highest BCUT2D eigenvalue weighted by molar-refractivity contribution is 5.70. The van der Waals surface area contributed by atoms with E-state index < -0.39 is 5.60 Å². The third kappa shape index (κ3) is 5.01. The van der Waals surface area contributed by atoms with Crippen molar-refractivity contribution in [2.75, 3.05) is 0 Å². The fourth-order valence-electron chi connectivity index (χ4n) is 1.95. The Balaban J connectivity index is 2.70. The SMILES string of the molecule is CC(C)(C)OC(=O)CCc1cccc(CN)c1CO. The second-order valence-electron chi connectivity index (χ2n) is 5.50. The van der Waals surface area contributed by atoms with E-state index in [1.54, 1.807) is 0 Å². The molecule has 0 aliphatic carbocycles. The van der Waals surface area contributed by atoms with Gasteiger partial charge in [0.25, 0.3) is 0 Å². The summed E-state index contributed by atoms with van der Waals surface area (Å²) in [6.07, 6.45) is 0.858. The van der Waals surface area contributed by atoms with E-state index in [2.05, 4.69) is 0 Å². The molecule has 19 heavy (non-hydrogen) atoms. The number of hydrogen-bond donors (Lipinski definition) is 2. The monoisotopic (exact) mass is 265 g/mol. The summed E-state index contributed by atoms with van der Waals surface area (Å²) in [4.78, 5) is 11.7. The number of nitrogens with two attached hydrogens (primary N) is 1. The van der Waals surface area contributed by atoms with Crippen molar-refractivity contribution in [1.29, 1.82) is 0 Å². The molecule has 0 aromatic heterocycles. The second kappa shape index (κ2) is 6.68. The van der Waals surface area contributed by atoms with Crippen LogP contribution in [0.5, 0.6) is 0 Å². The van der Waals surface area contributed by atoms with Gasteiger partial charge in [-0.1, -0.05) is 18.2 Å². The fourth-order valence-corrected chi connectivity index (χ4v) is 1.95. The number of hydrogen-bond acceptors (Lipinski definition) is 4. The van der Waals surface area contributed by atoms with Gasteiger partial charge in [-0.05, 0) is 43.9 Å². The summed E-state index contributed by atoms with van der Waals surface area (Å²) in [6, 6.07) is 5.70. The third-order valence-electron chi connectivity index (χ3n) is 2.77. The van der Waals surface area contributed by atoms with Crippen LogP contribution in [0.3, 0.4) is 0 Å². The lowest BCUT2D eigenvalue weighted by atomic mass is 9.98. The Hall–Kier alpha value is -1.39. The van der Waals surface area contributed by atoms with E-state index in [1.165, 1.54) is 0 Å². The Labute approximate surface area is 114 Å². The molecule has 0 saturated heterocycles. The summed E-state index contributed by atoms with van der Waals surface area (Å²) in [5.74, 6) is -0.227. The van der Waals surface area contributed by atoms with Gasteiger partial charge in [0.2, 0.25) is 0 Å². The first-order chi connectivity index (χ1) is 8.87. The predicted octanol–water partition coefficient (Wildman–Crippen LogP) is 1.91. The molecule has 0 heterocycles. The van der Waals surface area contributed by atoms with Crippen LogP contribution in [0, 0.1) is 0 Å². The van der Waals surface area contributed by atoms with E-state index >= 15 is 0 Å². The molecule has 1 aromatic rings. The molecular formula is C15H23NO3. The van der Waals surface area contributed by atoms with E-state index in [-0.39, 0.29) is 12.6 Å². The molecule has 0 unspecified atom stereocenters. The zero-order chi connectivity index (χ0) is 14.5. The Morgan fingerprint density at radius 2 is 1.95 bits per heavy atom. The van der Waals surface area contributed by atoms with Crippen molar-refractivity contribution in [3.8, 4) is 0 Å². The number of carbonyl (C=O) groups excluding carboxylic acids is 1. The van der Waals surface area contributed by atoms with Crippen molar-refractivity contribution in [2.45, 2.75) is 52.4 Å². The highest BCUT2D eigenvalue weighted by Gasteiger charge is 2.16. The maximum atomic E-state index is 11.7. The van der Waals surface area contributed by atoms with Gasteiger partial charge in [-0.2, -0.15) is 0 Å². The van der Waals surface area contributed by atoms with Crippen molar-refractivity contribution >= 4 is 5.97 Å². The molecule has 0 radical (unpaired) electrons. The van der Waals surface area contributed by atoms with Crippen molar-refractivity contribution in [1.82, 2.24) is 0 Å². The summed E-state index contributed by atoms with van der Waals surface area (Å²) in [5, 5.41) is 9.41. The summed E-state index contributed by atoms with van der Waals surface area (Å²) in [7, 11) is 0. The second-order valence-corrected chi connectivity index (χ2v) is 5.50. The van der Waals surface area contributed by atoms with Crippen LogP contribution in [0.25, 0.3) is 0 Å². The van der Waals surface area contributed by atoms with Gasteiger partial charge >= 0.3 is 5.97 Å². The molecule has 0 spiro atoms. The van der Waals surface area contributed by atoms with Crippen molar-refractivity contribution in [2.24, 2.45) is 5.73 Å². The van der Waals surface area contributed by atoms with Crippen LogP contribution < -0.4 is 5.73 Å². The van der Waals surface area contributed by atoms with E-state index in [0.717, 1.165) is 16.7 Å². The number of aliphatic hydroxyl groups excluding tert-OH is 1. The van der Waals surface area contributed by atoms with Crippen molar-refractivity contribution in [3.05, 3.63) is 34.9 Å². The van der Waals surface area contributed by atoms with Crippen LogP contribution in [0.15, 0.2) is 18.2 Å². The fraction of sp³-hybridized carbons (Fsp3) is 0.533. The Morgan fingerprint density at radius 3 is 2.47 bits per heavy atom. The number of benzene rings is 1. The van der Waals surface area contributed by atoms with Gasteiger partial charge in [-0.15, -0.1) is 0 Å². The van der Waals surface area contributed by atoms with Gasteiger partial charge < -0.3 is 15.6 Å². The average Bonchev–Trinajstić information content (AvgIpc) is 2.33. The van der Waals surface area contributed by atoms with Gasteiger partial charge in [0.05, 0.1) is 6.61 Å². The van der Waals surface area contributed by atoms with Crippen molar-refractivity contribution < 1.29 is 14.6 Å². The molecule has 1 rings (SSSR count). The largest absolute Gasteiger partial charge is 0.460 e. The minimum Gasteiger partial charge on any atom is -0.460 e. The van der Waals surface area contributed by atoms with Gasteiger partial charge in [0, 0.05) is 13.0 Å². The lowest BCUT2D eigenvalue weighted by molar-refractivity contribution is -0.154. The third-order valence-corrected chi connectivity index (χ3v) is 2.77. The molecule has 0 amide bonds. The summed E-state index contributed by atoms with van der Waals surface area (Å²) in [5.41, 5.74) is 7.87. The maximum absolute atomic E-state index is 11.7.